The first-order chi connectivity index (χ1) is 9.20. The highest BCUT2D eigenvalue weighted by Crippen LogP contribution is 2.23. The highest BCUT2D eigenvalue weighted by atomic mass is 32.2. The molecule has 0 fully saturated rings. The average molecular weight is 312 g/mol. The Balaban J connectivity index is 3.11. The molecule has 0 aliphatic heterocycles. The van der Waals surface area contributed by atoms with Crippen molar-refractivity contribution in [2.24, 2.45) is 5.73 Å². The normalized spacial score (nSPS) is 13.8. The van der Waals surface area contributed by atoms with Gasteiger partial charge in [-0.1, -0.05) is 0 Å². The van der Waals surface area contributed by atoms with Crippen molar-refractivity contribution in [3.05, 3.63) is 29.6 Å². The van der Waals surface area contributed by atoms with Crippen LogP contribution in [0.2, 0.25) is 0 Å². The lowest BCUT2D eigenvalue weighted by Crippen LogP contribution is -2.41. The molecule has 1 atom stereocenters. The minimum Gasteiger partial charge on any atom is -0.383 e. The van der Waals surface area contributed by atoms with E-state index in [2.05, 4.69) is 0 Å². The van der Waals surface area contributed by atoms with Crippen LogP contribution in [0.1, 0.15) is 0 Å². The number of benzene rings is 1. The van der Waals surface area contributed by atoms with Gasteiger partial charge in [-0.3, -0.25) is 0 Å². The van der Waals surface area contributed by atoms with Gasteiger partial charge < -0.3 is 10.5 Å². The number of sulfonamides is 1. The largest absolute Gasteiger partial charge is 0.383 e. The van der Waals surface area contributed by atoms with Gasteiger partial charge in [-0.25, -0.2) is 21.6 Å². The summed E-state index contributed by atoms with van der Waals surface area (Å²) in [6.07, 6.45) is 0. The molecule has 0 heterocycles. The fourth-order valence-electron chi connectivity index (χ4n) is 1.63. The predicted molar refractivity (Wildman–Crippen MR) is 66.0 cm³/mol. The second-order valence-corrected chi connectivity index (χ2v) is 6.18. The molecule has 2 N–H and O–H groups in total. The van der Waals surface area contributed by atoms with Crippen LogP contribution in [0.4, 0.5) is 13.2 Å². The Hall–Kier alpha value is -1.16. The van der Waals surface area contributed by atoms with Crippen molar-refractivity contribution in [1.29, 1.82) is 0 Å². The van der Waals surface area contributed by atoms with Gasteiger partial charge in [-0.15, -0.1) is 0 Å². The highest BCUT2D eigenvalue weighted by molar-refractivity contribution is 7.89. The molecule has 114 valence electrons. The Morgan fingerprint density at radius 3 is 2.25 bits per heavy atom. The number of hydrogen-bond acceptors (Lipinski definition) is 4. The Bertz CT molecular complexity index is 557. The second kappa shape index (κ2) is 6.53. The molecule has 0 radical (unpaired) electrons. The average Bonchev–Trinajstić information content (AvgIpc) is 2.26. The van der Waals surface area contributed by atoms with E-state index in [1.807, 2.05) is 0 Å². The summed E-state index contributed by atoms with van der Waals surface area (Å²) in [7, 11) is -1.95. The van der Waals surface area contributed by atoms with E-state index >= 15 is 0 Å². The third-order valence-electron chi connectivity index (χ3n) is 2.50. The number of likely N-dealkylation sites (N-methyl/N-ethyl adjacent to an activating group) is 1. The zero-order valence-electron chi connectivity index (χ0n) is 10.9. The molecule has 5 nitrogen and oxygen atoms in total. The van der Waals surface area contributed by atoms with Crippen LogP contribution in [0.25, 0.3) is 0 Å². The van der Waals surface area contributed by atoms with Crippen LogP contribution < -0.4 is 5.73 Å². The van der Waals surface area contributed by atoms with Crippen molar-refractivity contribution >= 4 is 10.0 Å². The summed E-state index contributed by atoms with van der Waals surface area (Å²) >= 11 is 0. The number of ether oxygens (including phenoxy) is 1. The van der Waals surface area contributed by atoms with Crippen LogP contribution in [0.3, 0.4) is 0 Å². The van der Waals surface area contributed by atoms with E-state index < -0.39 is 38.4 Å². The van der Waals surface area contributed by atoms with Gasteiger partial charge in [0.15, 0.2) is 4.90 Å². The molecular weight excluding hydrogens is 297 g/mol. The van der Waals surface area contributed by atoms with E-state index in [1.54, 1.807) is 0 Å². The molecule has 0 aliphatic rings. The molecule has 0 spiro atoms. The van der Waals surface area contributed by atoms with Crippen LogP contribution in [-0.2, 0) is 14.8 Å². The van der Waals surface area contributed by atoms with Crippen LogP contribution in [0.15, 0.2) is 17.0 Å². The Labute approximate surface area is 115 Å². The summed E-state index contributed by atoms with van der Waals surface area (Å²) in [5, 5.41) is 0. The minimum atomic E-state index is -4.45. The molecule has 1 rings (SSSR count). The van der Waals surface area contributed by atoms with Gasteiger partial charge in [0.1, 0.15) is 17.5 Å². The molecule has 0 amide bonds. The standard InChI is InChI=1S/C11H15F3N2O3S/c1-16(5-8(15)6-19-2)20(17,18)11-9(13)3-7(12)4-10(11)14/h3-4,8H,5-6,15H2,1-2H3. The first-order valence-electron chi connectivity index (χ1n) is 5.55. The van der Waals surface area contributed by atoms with E-state index in [0.717, 1.165) is 7.05 Å². The molecule has 0 saturated carbocycles. The van der Waals surface area contributed by atoms with Crippen LogP contribution in [0, 0.1) is 17.5 Å². The fraction of sp³-hybridized carbons (Fsp3) is 0.455. The fourth-order valence-corrected chi connectivity index (χ4v) is 2.94. The summed E-state index contributed by atoms with van der Waals surface area (Å²) < 4.78 is 69.3. The lowest BCUT2D eigenvalue weighted by Gasteiger charge is -2.21. The lowest BCUT2D eigenvalue weighted by molar-refractivity contribution is 0.173. The Kier molecular flexibility index (Phi) is 5.51. The van der Waals surface area contributed by atoms with Crippen molar-refractivity contribution in [2.75, 3.05) is 27.3 Å². The zero-order valence-corrected chi connectivity index (χ0v) is 11.8. The predicted octanol–water partition coefficient (Wildman–Crippen LogP) is 0.698. The topological polar surface area (TPSA) is 72.6 Å². The van der Waals surface area contributed by atoms with E-state index in [1.165, 1.54) is 7.11 Å². The lowest BCUT2D eigenvalue weighted by atomic mass is 10.3. The van der Waals surface area contributed by atoms with Crippen molar-refractivity contribution in [2.45, 2.75) is 10.9 Å². The number of methoxy groups -OCH3 is 1. The first kappa shape index (κ1) is 16.9. The van der Waals surface area contributed by atoms with Gasteiger partial charge in [0.25, 0.3) is 0 Å². The Morgan fingerprint density at radius 2 is 1.80 bits per heavy atom. The number of nitrogens with two attached hydrogens (primary N) is 1. The maximum Gasteiger partial charge on any atom is 0.248 e. The molecule has 20 heavy (non-hydrogen) atoms. The summed E-state index contributed by atoms with van der Waals surface area (Å²) in [5.74, 6) is -4.18. The number of hydrogen-bond donors (Lipinski definition) is 1. The zero-order chi connectivity index (χ0) is 15.5. The third-order valence-corrected chi connectivity index (χ3v) is 4.38. The van der Waals surface area contributed by atoms with E-state index in [-0.39, 0.29) is 13.2 Å². The first-order valence-corrected chi connectivity index (χ1v) is 6.99. The summed E-state index contributed by atoms with van der Waals surface area (Å²) in [6, 6.07) is -0.0519. The van der Waals surface area contributed by atoms with E-state index in [4.69, 9.17) is 10.5 Å². The van der Waals surface area contributed by atoms with Crippen molar-refractivity contribution in [3.8, 4) is 0 Å². The molecule has 9 heteroatoms. The molecule has 0 aliphatic carbocycles. The van der Waals surface area contributed by atoms with Crippen LogP contribution in [-0.4, -0.2) is 46.1 Å². The highest BCUT2D eigenvalue weighted by Gasteiger charge is 2.30. The van der Waals surface area contributed by atoms with Gasteiger partial charge in [0.2, 0.25) is 10.0 Å². The molecule has 1 aromatic rings. The molecular formula is C11H15F3N2O3S. The van der Waals surface area contributed by atoms with Gasteiger partial charge in [-0.2, -0.15) is 4.31 Å². The molecule has 0 saturated heterocycles. The monoisotopic (exact) mass is 312 g/mol. The quantitative estimate of drug-likeness (QED) is 0.839. The van der Waals surface area contributed by atoms with Gasteiger partial charge in [-0.05, 0) is 0 Å². The summed E-state index contributed by atoms with van der Waals surface area (Å²) in [5.41, 5.74) is 5.58. The van der Waals surface area contributed by atoms with E-state index in [9.17, 15) is 21.6 Å². The molecule has 1 aromatic carbocycles. The third kappa shape index (κ3) is 3.69. The maximum atomic E-state index is 13.5. The van der Waals surface area contributed by atoms with Crippen LogP contribution in [0.5, 0.6) is 0 Å². The second-order valence-electron chi connectivity index (χ2n) is 4.20. The summed E-state index contributed by atoms with van der Waals surface area (Å²) in [6.45, 7) is -0.124. The van der Waals surface area contributed by atoms with E-state index in [0.29, 0.717) is 16.4 Å². The van der Waals surface area contributed by atoms with Crippen molar-refractivity contribution in [1.82, 2.24) is 4.31 Å². The SMILES string of the molecule is COCC(N)CN(C)S(=O)(=O)c1c(F)cc(F)cc1F. The molecule has 0 bridgehead atoms. The van der Waals surface area contributed by atoms with Gasteiger partial charge >= 0.3 is 0 Å². The molecule has 1 unspecified atom stereocenters. The van der Waals surface area contributed by atoms with Crippen molar-refractivity contribution in [3.63, 3.8) is 0 Å². The van der Waals surface area contributed by atoms with Gasteiger partial charge in [0, 0.05) is 38.9 Å². The molecule has 0 aromatic heterocycles. The van der Waals surface area contributed by atoms with Gasteiger partial charge in [0.05, 0.1) is 6.61 Å². The number of halogens is 3. The smallest absolute Gasteiger partial charge is 0.248 e. The van der Waals surface area contributed by atoms with Crippen LogP contribution >= 0.6 is 0 Å². The summed E-state index contributed by atoms with van der Waals surface area (Å²) in [4.78, 5) is -1.20. The Morgan fingerprint density at radius 1 is 1.30 bits per heavy atom. The van der Waals surface area contributed by atoms with Crippen molar-refractivity contribution < 1.29 is 26.3 Å². The number of nitrogens with zero attached hydrogens (tertiary/aromatic N) is 1. The minimum absolute atomic E-state index is 0.0776. The number of rotatable bonds is 6. The maximum absolute atomic E-state index is 13.5.